The van der Waals surface area contributed by atoms with Gasteiger partial charge in [-0.05, 0) is 75.1 Å². The molecule has 0 saturated heterocycles. The fraction of sp³-hybridized carbons (Fsp3) is 0.500. The van der Waals surface area contributed by atoms with E-state index in [9.17, 15) is 13.2 Å². The second-order valence-electron chi connectivity index (χ2n) is 7.34. The minimum atomic E-state index is -4.04. The van der Waals surface area contributed by atoms with Crippen LogP contribution < -0.4 is 10.0 Å². The van der Waals surface area contributed by atoms with Crippen LogP contribution >= 0.6 is 0 Å². The van der Waals surface area contributed by atoms with Crippen LogP contribution in [0.1, 0.15) is 55.1 Å². The van der Waals surface area contributed by atoms with Crippen LogP contribution in [0.25, 0.3) is 0 Å². The average Bonchev–Trinajstić information content (AvgIpc) is 3.33. The third kappa shape index (κ3) is 3.31. The Morgan fingerprint density at radius 3 is 2.56 bits per heavy atom. The molecule has 0 saturated carbocycles. The molecule has 27 heavy (non-hydrogen) atoms. The smallest absolute Gasteiger partial charge is 0.291 e. The van der Waals surface area contributed by atoms with E-state index in [-0.39, 0.29) is 11.1 Å². The molecule has 9 heteroatoms. The van der Waals surface area contributed by atoms with Crippen LogP contribution in [-0.4, -0.2) is 29.2 Å². The summed E-state index contributed by atoms with van der Waals surface area (Å²) in [6.07, 6.45) is 7.50. The molecule has 8 nitrogen and oxygen atoms in total. The lowest BCUT2D eigenvalue weighted by molar-refractivity contribution is 0.256. The summed E-state index contributed by atoms with van der Waals surface area (Å²) in [6.45, 7) is 3.78. The Hall–Kier alpha value is -2.42. The van der Waals surface area contributed by atoms with Gasteiger partial charge in [0, 0.05) is 17.9 Å². The van der Waals surface area contributed by atoms with Gasteiger partial charge in [-0.3, -0.25) is 10.00 Å². The molecule has 0 bridgehead atoms. The zero-order valence-corrected chi connectivity index (χ0v) is 16.3. The number of fused-ring (bicyclic) bond motifs is 3. The Labute approximate surface area is 158 Å². The number of aryl methyl sites for hydroxylation is 1. The SMILES string of the molecule is CC(C)n1ccc(S(=O)(=O)NC(=O)Nc2nc3c(c4c2CCC4)CCC3)n1. The van der Waals surface area contributed by atoms with Crippen LogP contribution in [0.2, 0.25) is 0 Å². The van der Waals surface area contributed by atoms with Gasteiger partial charge in [0.25, 0.3) is 10.0 Å². The van der Waals surface area contributed by atoms with Crippen molar-refractivity contribution >= 4 is 21.9 Å². The fourth-order valence-electron chi connectivity index (χ4n) is 3.88. The van der Waals surface area contributed by atoms with Gasteiger partial charge < -0.3 is 0 Å². The maximum absolute atomic E-state index is 12.4. The van der Waals surface area contributed by atoms with Crippen LogP contribution in [0.5, 0.6) is 0 Å². The number of carbonyl (C=O) groups excluding carboxylic acids is 1. The number of hydrogen-bond donors (Lipinski definition) is 2. The monoisotopic (exact) mass is 389 g/mol. The van der Waals surface area contributed by atoms with Gasteiger partial charge in [-0.1, -0.05) is 0 Å². The standard InChI is InChI=1S/C18H23N5O3S/c1-11(2)23-10-9-16(21-23)27(25,26)22-18(24)20-17-14-7-3-5-12(14)13-6-4-8-15(13)19-17/h9-11H,3-8H2,1-2H3,(H2,19,20,22,24). The Morgan fingerprint density at radius 1 is 1.11 bits per heavy atom. The van der Waals surface area contributed by atoms with Gasteiger partial charge >= 0.3 is 6.03 Å². The van der Waals surface area contributed by atoms with Gasteiger partial charge in [0.2, 0.25) is 0 Å². The molecule has 144 valence electrons. The normalized spacial score (nSPS) is 15.7. The second kappa shape index (κ2) is 6.63. The number of anilines is 1. The third-order valence-electron chi connectivity index (χ3n) is 5.15. The van der Waals surface area contributed by atoms with E-state index >= 15 is 0 Å². The number of nitrogens with zero attached hydrogens (tertiary/aromatic N) is 3. The molecule has 0 atom stereocenters. The van der Waals surface area contributed by atoms with Crippen LogP contribution in [0.3, 0.4) is 0 Å². The van der Waals surface area contributed by atoms with E-state index in [4.69, 9.17) is 0 Å². The fourth-order valence-corrected chi connectivity index (χ4v) is 4.72. The van der Waals surface area contributed by atoms with E-state index in [0.29, 0.717) is 5.82 Å². The first-order chi connectivity index (χ1) is 12.8. The van der Waals surface area contributed by atoms with Crippen molar-refractivity contribution in [3.63, 3.8) is 0 Å². The highest BCUT2D eigenvalue weighted by Gasteiger charge is 2.27. The lowest BCUT2D eigenvalue weighted by Crippen LogP contribution is -2.35. The van der Waals surface area contributed by atoms with Gasteiger partial charge in [-0.25, -0.2) is 14.5 Å². The number of nitrogens with one attached hydrogen (secondary N) is 2. The molecule has 0 aliphatic heterocycles. The van der Waals surface area contributed by atoms with Crippen LogP contribution in [-0.2, 0) is 35.7 Å². The lowest BCUT2D eigenvalue weighted by atomic mass is 10.0. The molecule has 0 spiro atoms. The highest BCUT2D eigenvalue weighted by atomic mass is 32.2. The van der Waals surface area contributed by atoms with E-state index in [1.807, 2.05) is 18.6 Å². The van der Waals surface area contributed by atoms with Crippen LogP contribution in [0.4, 0.5) is 10.6 Å². The molecule has 2 aromatic heterocycles. The molecule has 2 aliphatic rings. The van der Waals surface area contributed by atoms with Gasteiger partial charge in [-0.15, -0.1) is 0 Å². The largest absolute Gasteiger partial charge is 0.334 e. The average molecular weight is 389 g/mol. The molecular formula is C18H23N5O3S. The minimum Gasteiger partial charge on any atom is -0.291 e. The first-order valence-corrected chi connectivity index (χ1v) is 10.8. The summed E-state index contributed by atoms with van der Waals surface area (Å²) in [5.74, 6) is 0.489. The second-order valence-corrected chi connectivity index (χ2v) is 8.97. The highest BCUT2D eigenvalue weighted by molar-refractivity contribution is 7.90. The van der Waals surface area contributed by atoms with Gasteiger partial charge in [0.15, 0.2) is 5.03 Å². The topological polar surface area (TPSA) is 106 Å². The van der Waals surface area contributed by atoms with E-state index < -0.39 is 16.1 Å². The summed E-state index contributed by atoms with van der Waals surface area (Å²) < 4.78 is 28.4. The molecule has 4 rings (SSSR count). The number of urea groups is 1. The van der Waals surface area contributed by atoms with E-state index in [0.717, 1.165) is 49.8 Å². The van der Waals surface area contributed by atoms with Crippen molar-refractivity contribution in [1.29, 1.82) is 0 Å². The first-order valence-electron chi connectivity index (χ1n) is 9.27. The summed E-state index contributed by atoms with van der Waals surface area (Å²) in [6, 6.07) is 0.593. The third-order valence-corrected chi connectivity index (χ3v) is 6.37. The van der Waals surface area contributed by atoms with E-state index in [1.54, 1.807) is 6.20 Å². The van der Waals surface area contributed by atoms with Crippen molar-refractivity contribution in [1.82, 2.24) is 19.5 Å². The zero-order chi connectivity index (χ0) is 19.2. The number of carbonyl (C=O) groups is 1. The quantitative estimate of drug-likeness (QED) is 0.835. The lowest BCUT2D eigenvalue weighted by Gasteiger charge is -2.14. The minimum absolute atomic E-state index is 0.0287. The predicted octanol–water partition coefficient (Wildman–Crippen LogP) is 2.35. The zero-order valence-electron chi connectivity index (χ0n) is 15.4. The number of rotatable bonds is 4. The van der Waals surface area contributed by atoms with Crippen molar-refractivity contribution in [2.75, 3.05) is 5.32 Å². The van der Waals surface area contributed by atoms with Gasteiger partial charge in [0.1, 0.15) is 5.82 Å². The molecule has 0 aromatic carbocycles. The van der Waals surface area contributed by atoms with Crippen molar-refractivity contribution in [3.05, 3.63) is 34.6 Å². The molecule has 2 aliphatic carbocycles. The highest BCUT2D eigenvalue weighted by Crippen LogP contribution is 2.36. The molecule has 0 fully saturated rings. The number of aromatic nitrogens is 3. The van der Waals surface area contributed by atoms with Gasteiger partial charge in [-0.2, -0.15) is 13.5 Å². The Balaban J connectivity index is 1.54. The van der Waals surface area contributed by atoms with Crippen molar-refractivity contribution < 1.29 is 13.2 Å². The Bertz CT molecular complexity index is 1010. The summed E-state index contributed by atoms with van der Waals surface area (Å²) in [5, 5.41) is 6.49. The number of sulfonamides is 1. The van der Waals surface area contributed by atoms with E-state index in [1.165, 1.54) is 21.9 Å². The maximum Gasteiger partial charge on any atom is 0.334 e. The summed E-state index contributed by atoms with van der Waals surface area (Å²) >= 11 is 0. The Morgan fingerprint density at radius 2 is 1.81 bits per heavy atom. The maximum atomic E-state index is 12.4. The van der Waals surface area contributed by atoms with Crippen molar-refractivity contribution in [2.45, 2.75) is 63.4 Å². The number of pyridine rings is 1. The predicted molar refractivity (Wildman–Crippen MR) is 100 cm³/mol. The van der Waals surface area contributed by atoms with Crippen LogP contribution in [0, 0.1) is 0 Å². The molecule has 2 aromatic rings. The molecule has 0 unspecified atom stereocenters. The molecule has 2 amide bonds. The van der Waals surface area contributed by atoms with Crippen molar-refractivity contribution in [3.8, 4) is 0 Å². The summed E-state index contributed by atoms with van der Waals surface area (Å²) in [7, 11) is -4.04. The molecule has 0 radical (unpaired) electrons. The molecular weight excluding hydrogens is 366 g/mol. The van der Waals surface area contributed by atoms with Gasteiger partial charge in [0.05, 0.1) is 0 Å². The van der Waals surface area contributed by atoms with E-state index in [2.05, 4.69) is 15.4 Å². The molecule has 2 N–H and O–H groups in total. The number of amides is 2. The first kappa shape index (κ1) is 18.0. The summed E-state index contributed by atoms with van der Waals surface area (Å²) in [5.41, 5.74) is 4.71. The summed E-state index contributed by atoms with van der Waals surface area (Å²) in [4.78, 5) is 17.0. The molecule has 2 heterocycles. The van der Waals surface area contributed by atoms with Crippen LogP contribution in [0.15, 0.2) is 17.3 Å². The Kier molecular flexibility index (Phi) is 4.41. The number of hydrogen-bond acceptors (Lipinski definition) is 5. The van der Waals surface area contributed by atoms with Crippen molar-refractivity contribution in [2.24, 2.45) is 0 Å².